The zero-order chi connectivity index (χ0) is 13.8. The largest absolute Gasteiger partial charge is 0.393 e. The number of hydrogen-bond donors (Lipinski definition) is 2. The molecule has 1 aliphatic rings. The number of halogens is 1. The van der Waals surface area contributed by atoms with Gasteiger partial charge in [0.2, 0.25) is 0 Å². The molecule has 0 spiro atoms. The second kappa shape index (κ2) is 6.39. The molecule has 4 nitrogen and oxygen atoms in total. The van der Waals surface area contributed by atoms with Gasteiger partial charge in [-0.15, -0.1) is 0 Å². The molecule has 1 fully saturated rings. The van der Waals surface area contributed by atoms with Crippen LogP contribution in [0.4, 0.5) is 4.79 Å². The van der Waals surface area contributed by atoms with Crippen molar-refractivity contribution in [3.8, 4) is 0 Å². The van der Waals surface area contributed by atoms with Crippen LogP contribution in [0.5, 0.6) is 0 Å². The van der Waals surface area contributed by atoms with E-state index in [1.807, 2.05) is 24.3 Å². The third kappa shape index (κ3) is 3.94. The summed E-state index contributed by atoms with van der Waals surface area (Å²) in [5.41, 5.74) is 1.07. The number of carbonyl (C=O) groups is 1. The SMILES string of the molecule is C[C@H](O)[C@H]1CCN(C(=O)NCc2ccc(Br)cc2)C1. The van der Waals surface area contributed by atoms with Gasteiger partial charge in [0.15, 0.2) is 0 Å². The first-order chi connectivity index (χ1) is 9.06. The average molecular weight is 327 g/mol. The Morgan fingerprint density at radius 1 is 1.53 bits per heavy atom. The predicted octanol–water partition coefficient (Wildman–Crippen LogP) is 2.36. The summed E-state index contributed by atoms with van der Waals surface area (Å²) in [4.78, 5) is 13.8. The summed E-state index contributed by atoms with van der Waals surface area (Å²) in [6, 6.07) is 7.83. The summed E-state index contributed by atoms with van der Waals surface area (Å²) in [6.45, 7) is 3.68. The average Bonchev–Trinajstić information content (AvgIpc) is 2.87. The van der Waals surface area contributed by atoms with E-state index in [1.54, 1.807) is 11.8 Å². The molecule has 1 aliphatic heterocycles. The van der Waals surface area contributed by atoms with Gasteiger partial charge in [0.05, 0.1) is 6.10 Å². The monoisotopic (exact) mass is 326 g/mol. The standard InChI is InChI=1S/C14H19BrN2O2/c1-10(18)12-6-7-17(9-12)14(19)16-8-11-2-4-13(15)5-3-11/h2-5,10,12,18H,6-9H2,1H3,(H,16,19)/t10-,12-/m0/s1. The zero-order valence-electron chi connectivity index (χ0n) is 11.0. The van der Waals surface area contributed by atoms with Gasteiger partial charge in [-0.2, -0.15) is 0 Å². The van der Waals surface area contributed by atoms with Gasteiger partial charge < -0.3 is 15.3 Å². The van der Waals surface area contributed by atoms with Gasteiger partial charge in [-0.25, -0.2) is 4.79 Å². The van der Waals surface area contributed by atoms with Crippen LogP contribution < -0.4 is 5.32 Å². The minimum absolute atomic E-state index is 0.0499. The van der Waals surface area contributed by atoms with Crippen molar-refractivity contribution in [3.63, 3.8) is 0 Å². The normalized spacial score (nSPS) is 20.4. The molecule has 0 bridgehead atoms. The van der Waals surface area contributed by atoms with Crippen molar-refractivity contribution in [1.29, 1.82) is 0 Å². The number of aliphatic hydroxyl groups excluding tert-OH is 1. The van der Waals surface area contributed by atoms with E-state index in [4.69, 9.17) is 0 Å². The van der Waals surface area contributed by atoms with Gasteiger partial charge in [0.25, 0.3) is 0 Å². The van der Waals surface area contributed by atoms with Crippen LogP contribution in [0.2, 0.25) is 0 Å². The number of aliphatic hydroxyl groups is 1. The molecule has 0 aromatic heterocycles. The summed E-state index contributed by atoms with van der Waals surface area (Å²) in [7, 11) is 0. The highest BCUT2D eigenvalue weighted by molar-refractivity contribution is 9.10. The number of benzene rings is 1. The molecule has 0 aliphatic carbocycles. The number of nitrogens with one attached hydrogen (secondary N) is 1. The van der Waals surface area contributed by atoms with Crippen molar-refractivity contribution >= 4 is 22.0 Å². The molecule has 2 amide bonds. The molecular formula is C14H19BrN2O2. The first-order valence-corrected chi connectivity index (χ1v) is 7.31. The Kier molecular flexibility index (Phi) is 4.82. The van der Waals surface area contributed by atoms with E-state index >= 15 is 0 Å². The molecule has 1 saturated heterocycles. The quantitative estimate of drug-likeness (QED) is 0.895. The van der Waals surface area contributed by atoms with Gasteiger partial charge >= 0.3 is 6.03 Å². The molecule has 0 radical (unpaired) electrons. The molecule has 0 unspecified atom stereocenters. The molecule has 1 aromatic rings. The van der Waals surface area contributed by atoms with Gasteiger partial charge in [-0.1, -0.05) is 28.1 Å². The molecular weight excluding hydrogens is 308 g/mol. The maximum absolute atomic E-state index is 12.0. The number of nitrogens with zero attached hydrogens (tertiary/aromatic N) is 1. The Bertz CT molecular complexity index is 434. The first-order valence-electron chi connectivity index (χ1n) is 6.51. The fourth-order valence-electron chi connectivity index (χ4n) is 2.26. The number of urea groups is 1. The lowest BCUT2D eigenvalue weighted by molar-refractivity contribution is 0.129. The molecule has 2 atom stereocenters. The van der Waals surface area contributed by atoms with E-state index in [2.05, 4.69) is 21.2 Å². The predicted molar refractivity (Wildman–Crippen MR) is 77.7 cm³/mol. The van der Waals surface area contributed by atoms with Crippen molar-refractivity contribution in [3.05, 3.63) is 34.3 Å². The maximum atomic E-state index is 12.0. The van der Waals surface area contributed by atoms with E-state index in [1.165, 1.54) is 0 Å². The Morgan fingerprint density at radius 3 is 2.79 bits per heavy atom. The van der Waals surface area contributed by atoms with Gasteiger partial charge in [0.1, 0.15) is 0 Å². The Balaban J connectivity index is 1.80. The topological polar surface area (TPSA) is 52.6 Å². The molecule has 2 rings (SSSR count). The summed E-state index contributed by atoms with van der Waals surface area (Å²) >= 11 is 3.38. The summed E-state index contributed by atoms with van der Waals surface area (Å²) in [6.07, 6.45) is 0.535. The Labute approximate surface area is 121 Å². The highest BCUT2D eigenvalue weighted by atomic mass is 79.9. The molecule has 2 N–H and O–H groups in total. The Morgan fingerprint density at radius 2 is 2.21 bits per heavy atom. The summed E-state index contributed by atoms with van der Waals surface area (Å²) in [5.74, 6) is 0.207. The van der Waals surface area contributed by atoms with E-state index in [0.29, 0.717) is 13.1 Å². The van der Waals surface area contributed by atoms with Gasteiger partial charge in [0, 0.05) is 30.0 Å². The molecule has 104 valence electrons. The maximum Gasteiger partial charge on any atom is 0.317 e. The third-order valence-corrected chi connectivity index (χ3v) is 4.08. The first kappa shape index (κ1) is 14.3. The van der Waals surface area contributed by atoms with E-state index in [-0.39, 0.29) is 18.1 Å². The summed E-state index contributed by atoms with van der Waals surface area (Å²) in [5, 5.41) is 12.4. The van der Waals surface area contributed by atoms with E-state index < -0.39 is 0 Å². The lowest BCUT2D eigenvalue weighted by atomic mass is 10.0. The van der Waals surface area contributed by atoms with Crippen LogP contribution in [0.15, 0.2) is 28.7 Å². The highest BCUT2D eigenvalue weighted by Crippen LogP contribution is 2.19. The molecule has 0 saturated carbocycles. The Hall–Kier alpha value is -1.07. The lowest BCUT2D eigenvalue weighted by Gasteiger charge is -2.18. The number of carbonyl (C=O) groups excluding carboxylic acids is 1. The van der Waals surface area contributed by atoms with Crippen LogP contribution in [0.1, 0.15) is 18.9 Å². The molecule has 1 aromatic carbocycles. The highest BCUT2D eigenvalue weighted by Gasteiger charge is 2.28. The van der Waals surface area contributed by atoms with Crippen LogP contribution in [-0.2, 0) is 6.54 Å². The van der Waals surface area contributed by atoms with Crippen LogP contribution in [0.3, 0.4) is 0 Å². The van der Waals surface area contributed by atoms with Gasteiger partial charge in [-0.3, -0.25) is 0 Å². The lowest BCUT2D eigenvalue weighted by Crippen LogP contribution is -2.38. The van der Waals surface area contributed by atoms with Crippen molar-refractivity contribution in [2.45, 2.75) is 26.0 Å². The zero-order valence-corrected chi connectivity index (χ0v) is 12.6. The van der Waals surface area contributed by atoms with Crippen molar-refractivity contribution < 1.29 is 9.90 Å². The third-order valence-electron chi connectivity index (χ3n) is 3.55. The number of amides is 2. The van der Waals surface area contributed by atoms with Crippen molar-refractivity contribution in [1.82, 2.24) is 10.2 Å². The van der Waals surface area contributed by atoms with Gasteiger partial charge in [-0.05, 0) is 31.0 Å². The second-order valence-corrected chi connectivity index (χ2v) is 5.94. The second-order valence-electron chi connectivity index (χ2n) is 5.02. The van der Waals surface area contributed by atoms with E-state index in [0.717, 1.165) is 23.0 Å². The van der Waals surface area contributed by atoms with E-state index in [9.17, 15) is 9.90 Å². The van der Waals surface area contributed by atoms with Crippen LogP contribution in [0, 0.1) is 5.92 Å². The molecule has 1 heterocycles. The summed E-state index contributed by atoms with van der Waals surface area (Å²) < 4.78 is 1.03. The van der Waals surface area contributed by atoms with Crippen molar-refractivity contribution in [2.24, 2.45) is 5.92 Å². The minimum Gasteiger partial charge on any atom is -0.393 e. The molecule has 5 heteroatoms. The fraction of sp³-hybridized carbons (Fsp3) is 0.500. The van der Waals surface area contributed by atoms with Crippen LogP contribution in [0.25, 0.3) is 0 Å². The fourth-order valence-corrected chi connectivity index (χ4v) is 2.52. The van der Waals surface area contributed by atoms with Crippen LogP contribution >= 0.6 is 15.9 Å². The number of likely N-dealkylation sites (tertiary alicyclic amines) is 1. The number of rotatable bonds is 3. The smallest absolute Gasteiger partial charge is 0.317 e. The minimum atomic E-state index is -0.343. The van der Waals surface area contributed by atoms with Crippen LogP contribution in [-0.4, -0.2) is 35.2 Å². The van der Waals surface area contributed by atoms with Crippen molar-refractivity contribution in [2.75, 3.05) is 13.1 Å². The number of hydrogen-bond acceptors (Lipinski definition) is 2. The molecule has 19 heavy (non-hydrogen) atoms.